The Hall–Kier alpha value is -1.67. The first-order chi connectivity index (χ1) is 13.6. The first kappa shape index (κ1) is 20.6. The zero-order valence-corrected chi connectivity index (χ0v) is 16.6. The number of alkyl halides is 3. The number of hydrogen-bond acceptors (Lipinski definition) is 5. The van der Waals surface area contributed by atoms with Crippen molar-refractivity contribution in [2.24, 2.45) is 11.3 Å². The third kappa shape index (κ3) is 3.89. The van der Waals surface area contributed by atoms with Gasteiger partial charge in [-0.1, -0.05) is 0 Å². The van der Waals surface area contributed by atoms with Crippen molar-refractivity contribution in [3.63, 3.8) is 0 Å². The van der Waals surface area contributed by atoms with Gasteiger partial charge in [-0.2, -0.15) is 22.7 Å². The molecule has 0 N–H and O–H groups in total. The molecular weight excluding hydrogens is 407 g/mol. The Morgan fingerprint density at radius 3 is 2.41 bits per heavy atom. The molecule has 1 aromatic carbocycles. The highest BCUT2D eigenvalue weighted by atomic mass is 32.2. The summed E-state index contributed by atoms with van der Waals surface area (Å²) in [6.07, 6.45) is -2.53. The number of benzene rings is 1. The van der Waals surface area contributed by atoms with Crippen LogP contribution in [0, 0.1) is 22.7 Å². The molecule has 0 atom stereocenters. The number of likely N-dealkylation sites (tertiary alicyclic amines) is 1. The van der Waals surface area contributed by atoms with Crippen LogP contribution in [0.2, 0.25) is 0 Å². The second-order valence-corrected chi connectivity index (χ2v) is 10.2. The van der Waals surface area contributed by atoms with Crippen LogP contribution in [0.5, 0.6) is 0 Å². The molecular formula is C19H22F3N3O3S. The van der Waals surface area contributed by atoms with Gasteiger partial charge in [0.1, 0.15) is 6.07 Å². The molecule has 0 bridgehead atoms. The molecule has 10 heteroatoms. The van der Waals surface area contributed by atoms with Crippen molar-refractivity contribution in [3.05, 3.63) is 29.3 Å². The van der Waals surface area contributed by atoms with Crippen LogP contribution in [0.25, 0.3) is 0 Å². The lowest BCUT2D eigenvalue weighted by molar-refractivity contribution is -0.137. The van der Waals surface area contributed by atoms with E-state index in [1.54, 1.807) is 6.07 Å². The molecule has 158 valence electrons. The smallest absolute Gasteiger partial charge is 0.381 e. The Bertz CT molecular complexity index is 922. The molecule has 0 aromatic heterocycles. The van der Waals surface area contributed by atoms with Crippen LogP contribution in [0.15, 0.2) is 23.1 Å². The Labute approximate surface area is 167 Å². The fourth-order valence-corrected chi connectivity index (χ4v) is 6.34. The fourth-order valence-electron chi connectivity index (χ4n) is 4.56. The molecule has 3 aliphatic rings. The van der Waals surface area contributed by atoms with Crippen LogP contribution in [0.3, 0.4) is 0 Å². The summed E-state index contributed by atoms with van der Waals surface area (Å²) in [5, 5.41) is 9.18. The van der Waals surface area contributed by atoms with E-state index in [2.05, 4.69) is 4.90 Å². The average molecular weight is 429 g/mol. The summed E-state index contributed by atoms with van der Waals surface area (Å²) in [5.74, 6) is 0.617. The summed E-state index contributed by atoms with van der Waals surface area (Å²) in [7, 11) is -3.99. The normalized spacial score (nSPS) is 23.4. The Kier molecular flexibility index (Phi) is 5.14. The largest absolute Gasteiger partial charge is 0.416 e. The Balaban J connectivity index is 1.39. The van der Waals surface area contributed by atoms with Crippen LogP contribution >= 0.6 is 0 Å². The molecule has 0 aliphatic carbocycles. The lowest BCUT2D eigenvalue weighted by atomic mass is 9.74. The van der Waals surface area contributed by atoms with Gasteiger partial charge in [0.25, 0.3) is 0 Å². The van der Waals surface area contributed by atoms with Crippen LogP contribution < -0.4 is 0 Å². The third-order valence-corrected chi connectivity index (χ3v) is 7.89. The van der Waals surface area contributed by atoms with Gasteiger partial charge in [0, 0.05) is 51.4 Å². The van der Waals surface area contributed by atoms with Crippen molar-refractivity contribution < 1.29 is 26.3 Å². The van der Waals surface area contributed by atoms with Crippen LogP contribution in [0.4, 0.5) is 13.2 Å². The van der Waals surface area contributed by atoms with Crippen LogP contribution in [-0.2, 0) is 20.9 Å². The minimum Gasteiger partial charge on any atom is -0.381 e. The third-order valence-electron chi connectivity index (χ3n) is 6.04. The lowest BCUT2D eigenvalue weighted by Crippen LogP contribution is -2.73. The van der Waals surface area contributed by atoms with Crippen molar-refractivity contribution in [1.29, 1.82) is 5.26 Å². The van der Waals surface area contributed by atoms with E-state index in [9.17, 15) is 26.9 Å². The van der Waals surface area contributed by atoms with E-state index in [1.807, 2.05) is 0 Å². The lowest BCUT2D eigenvalue weighted by Gasteiger charge is -2.60. The number of nitriles is 1. The summed E-state index contributed by atoms with van der Waals surface area (Å²) in [5.41, 5.74) is -1.58. The molecule has 4 rings (SSSR count). The predicted molar refractivity (Wildman–Crippen MR) is 97.3 cm³/mol. The first-order valence-corrected chi connectivity index (χ1v) is 11.0. The van der Waals surface area contributed by atoms with Gasteiger partial charge in [-0.3, -0.25) is 0 Å². The molecule has 3 heterocycles. The van der Waals surface area contributed by atoms with Gasteiger partial charge in [-0.15, -0.1) is 0 Å². The summed E-state index contributed by atoms with van der Waals surface area (Å²) < 4.78 is 70.9. The minimum absolute atomic E-state index is 0.0725. The van der Waals surface area contributed by atoms with Crippen LogP contribution in [-0.4, -0.2) is 63.6 Å². The fraction of sp³-hybridized carbons (Fsp3) is 0.632. The van der Waals surface area contributed by atoms with Gasteiger partial charge in [0.05, 0.1) is 16.0 Å². The van der Waals surface area contributed by atoms with Crippen molar-refractivity contribution in [2.45, 2.75) is 23.9 Å². The summed E-state index contributed by atoms with van der Waals surface area (Å²) >= 11 is 0. The summed E-state index contributed by atoms with van der Waals surface area (Å²) in [6.45, 7) is 4.92. The number of sulfonamides is 1. The Morgan fingerprint density at radius 2 is 1.83 bits per heavy atom. The van der Waals surface area contributed by atoms with Gasteiger partial charge in [0.2, 0.25) is 10.0 Å². The second-order valence-electron chi connectivity index (χ2n) is 8.32. The van der Waals surface area contributed by atoms with Crippen molar-refractivity contribution in [2.75, 3.05) is 45.9 Å². The van der Waals surface area contributed by atoms with Crippen molar-refractivity contribution in [1.82, 2.24) is 9.21 Å². The van der Waals surface area contributed by atoms with E-state index in [1.165, 1.54) is 4.31 Å². The average Bonchev–Trinajstić information content (AvgIpc) is 2.61. The summed E-state index contributed by atoms with van der Waals surface area (Å²) in [6, 6.07) is 3.79. The molecule has 3 aliphatic heterocycles. The number of halogens is 3. The zero-order valence-electron chi connectivity index (χ0n) is 15.8. The van der Waals surface area contributed by atoms with E-state index in [0.29, 0.717) is 31.1 Å². The maximum absolute atomic E-state index is 12.8. The molecule has 29 heavy (non-hydrogen) atoms. The van der Waals surface area contributed by atoms with E-state index in [-0.39, 0.29) is 10.3 Å². The van der Waals surface area contributed by atoms with Gasteiger partial charge in [0.15, 0.2) is 0 Å². The van der Waals surface area contributed by atoms with E-state index >= 15 is 0 Å². The molecule has 3 fully saturated rings. The van der Waals surface area contributed by atoms with E-state index in [4.69, 9.17) is 4.74 Å². The van der Waals surface area contributed by atoms with E-state index < -0.39 is 27.3 Å². The number of nitrogens with zero attached hydrogens (tertiary/aromatic N) is 3. The standard InChI is InChI=1S/C19H22F3N3O3S/c20-19(21,22)16-1-2-17(15(7-16)8-23)29(26,27)25-12-18(13-25)10-24(11-18)9-14-3-5-28-6-4-14/h1-2,7,14H,3-6,9-13H2. The van der Waals surface area contributed by atoms with Gasteiger partial charge in [-0.05, 0) is 37.0 Å². The molecule has 1 spiro atoms. The highest BCUT2D eigenvalue weighted by Gasteiger charge is 2.55. The maximum atomic E-state index is 12.8. The minimum atomic E-state index is -4.63. The SMILES string of the molecule is N#Cc1cc(C(F)(F)F)ccc1S(=O)(=O)N1CC2(CN(CC3CCOCC3)C2)C1. The quantitative estimate of drug-likeness (QED) is 0.735. The first-order valence-electron chi connectivity index (χ1n) is 9.55. The van der Waals surface area contributed by atoms with Crippen molar-refractivity contribution in [3.8, 4) is 6.07 Å². The molecule has 1 aromatic rings. The molecule has 0 saturated carbocycles. The molecule has 0 radical (unpaired) electrons. The number of ether oxygens (including phenoxy) is 1. The molecule has 3 saturated heterocycles. The number of rotatable bonds is 4. The van der Waals surface area contributed by atoms with Gasteiger partial charge >= 0.3 is 6.18 Å². The molecule has 6 nitrogen and oxygen atoms in total. The second kappa shape index (κ2) is 7.23. The highest BCUT2D eigenvalue weighted by Crippen LogP contribution is 2.43. The predicted octanol–water partition coefficient (Wildman–Crippen LogP) is 2.31. The van der Waals surface area contributed by atoms with Gasteiger partial charge in [-0.25, -0.2) is 8.42 Å². The topological polar surface area (TPSA) is 73.6 Å². The van der Waals surface area contributed by atoms with Crippen molar-refractivity contribution >= 4 is 10.0 Å². The summed E-state index contributed by atoms with van der Waals surface area (Å²) in [4.78, 5) is 1.97. The molecule has 0 unspecified atom stereocenters. The monoisotopic (exact) mass is 429 g/mol. The zero-order chi connectivity index (χ0) is 20.9. The van der Waals surface area contributed by atoms with Gasteiger partial charge < -0.3 is 9.64 Å². The van der Waals surface area contributed by atoms with Crippen LogP contribution in [0.1, 0.15) is 24.0 Å². The maximum Gasteiger partial charge on any atom is 0.416 e. The molecule has 0 amide bonds. The highest BCUT2D eigenvalue weighted by molar-refractivity contribution is 7.89. The van der Waals surface area contributed by atoms with E-state index in [0.717, 1.165) is 51.8 Å². The number of hydrogen-bond donors (Lipinski definition) is 0. The Morgan fingerprint density at radius 1 is 1.17 bits per heavy atom.